The molecule has 0 aromatic carbocycles. The molecule has 2 aromatic rings. The molecule has 2 heterocycles. The number of pyridine rings is 2. The fourth-order valence-electron chi connectivity index (χ4n) is 1.74. The molecule has 0 unspecified atom stereocenters. The zero-order valence-electron chi connectivity index (χ0n) is 9.94. The first-order valence-corrected chi connectivity index (χ1v) is 8.07. The molecule has 18 heavy (non-hydrogen) atoms. The average molecular weight is 370 g/mol. The molecule has 0 radical (unpaired) electrons. The quantitative estimate of drug-likeness (QED) is 0.743. The highest BCUT2D eigenvalue weighted by atomic mass is 79.9. The summed E-state index contributed by atoms with van der Waals surface area (Å²) in [5.74, 6) is 0. The van der Waals surface area contributed by atoms with Crippen LogP contribution in [0.1, 0.15) is 22.8 Å². The second-order valence-electron chi connectivity index (χ2n) is 4.01. The molecule has 0 saturated carbocycles. The van der Waals surface area contributed by atoms with Gasteiger partial charge in [0.25, 0.3) is 0 Å². The first-order valence-electron chi connectivity index (χ1n) is 5.83. The van der Waals surface area contributed by atoms with E-state index >= 15 is 0 Å². The average Bonchev–Trinajstić information content (AvgIpc) is 2.45. The lowest BCUT2D eigenvalue weighted by Gasteiger charge is -2.04. The van der Waals surface area contributed by atoms with Gasteiger partial charge in [-0.1, -0.05) is 44.0 Å². The number of halogens is 2. The molecule has 0 bridgehead atoms. The minimum Gasteiger partial charge on any atom is -0.257 e. The summed E-state index contributed by atoms with van der Waals surface area (Å²) in [6.07, 6.45) is 1.86. The van der Waals surface area contributed by atoms with Crippen LogP contribution in [0.5, 0.6) is 0 Å². The number of rotatable bonds is 5. The molecule has 0 N–H and O–H groups in total. The monoisotopic (exact) mass is 368 g/mol. The van der Waals surface area contributed by atoms with Gasteiger partial charge in [-0.3, -0.25) is 9.97 Å². The molecule has 0 amide bonds. The van der Waals surface area contributed by atoms with Crippen LogP contribution < -0.4 is 0 Å². The van der Waals surface area contributed by atoms with Crippen molar-refractivity contribution in [2.45, 2.75) is 23.5 Å². The SMILES string of the molecule is BrCc1cccc(CCc2cccc(CBr)n2)n1. The van der Waals surface area contributed by atoms with E-state index in [0.29, 0.717) is 0 Å². The van der Waals surface area contributed by atoms with Crippen LogP contribution >= 0.6 is 31.9 Å². The molecule has 0 aliphatic rings. The minimum atomic E-state index is 0.804. The van der Waals surface area contributed by atoms with E-state index in [-0.39, 0.29) is 0 Å². The Hall–Kier alpha value is -0.740. The summed E-state index contributed by atoms with van der Waals surface area (Å²) < 4.78 is 0. The Morgan fingerprint density at radius 1 is 0.667 bits per heavy atom. The first-order chi connectivity index (χ1) is 8.81. The second-order valence-corrected chi connectivity index (χ2v) is 5.13. The van der Waals surface area contributed by atoms with Crippen LogP contribution in [0.25, 0.3) is 0 Å². The Morgan fingerprint density at radius 3 is 1.44 bits per heavy atom. The first kappa shape index (κ1) is 13.7. The van der Waals surface area contributed by atoms with Gasteiger partial charge in [-0.05, 0) is 37.1 Å². The van der Waals surface area contributed by atoms with Gasteiger partial charge in [-0.2, -0.15) is 0 Å². The number of aryl methyl sites for hydroxylation is 2. The van der Waals surface area contributed by atoms with Crippen molar-refractivity contribution in [1.29, 1.82) is 0 Å². The van der Waals surface area contributed by atoms with E-state index in [0.717, 1.165) is 46.3 Å². The van der Waals surface area contributed by atoms with Gasteiger partial charge < -0.3 is 0 Å². The van der Waals surface area contributed by atoms with Crippen LogP contribution in [0.2, 0.25) is 0 Å². The number of alkyl halides is 2. The van der Waals surface area contributed by atoms with E-state index in [9.17, 15) is 0 Å². The molecular formula is C14H14Br2N2. The zero-order chi connectivity index (χ0) is 12.8. The standard InChI is InChI=1S/C14H14Br2N2/c15-9-13-5-1-3-11(17-13)7-8-12-4-2-6-14(10-16)18-12/h1-6H,7-10H2. The summed E-state index contributed by atoms with van der Waals surface area (Å²) in [6, 6.07) is 12.3. The van der Waals surface area contributed by atoms with Gasteiger partial charge in [-0.25, -0.2) is 0 Å². The van der Waals surface area contributed by atoms with Crippen LogP contribution in [0.4, 0.5) is 0 Å². The summed E-state index contributed by atoms with van der Waals surface area (Å²) in [5.41, 5.74) is 4.40. The molecule has 2 nitrogen and oxygen atoms in total. The fraction of sp³-hybridized carbons (Fsp3) is 0.286. The van der Waals surface area contributed by atoms with Gasteiger partial charge in [0.1, 0.15) is 0 Å². The summed E-state index contributed by atoms with van der Waals surface area (Å²) >= 11 is 6.85. The van der Waals surface area contributed by atoms with Gasteiger partial charge in [0.2, 0.25) is 0 Å². The Bertz CT molecular complexity index is 467. The summed E-state index contributed by atoms with van der Waals surface area (Å²) in [6.45, 7) is 0. The Labute approximate surface area is 124 Å². The Kier molecular flexibility index (Phi) is 5.32. The predicted octanol–water partition coefficient (Wildman–Crippen LogP) is 4.05. The van der Waals surface area contributed by atoms with Crippen LogP contribution in [-0.4, -0.2) is 9.97 Å². The zero-order valence-corrected chi connectivity index (χ0v) is 13.1. The van der Waals surface area contributed by atoms with Gasteiger partial charge in [-0.15, -0.1) is 0 Å². The number of hydrogen-bond donors (Lipinski definition) is 0. The van der Waals surface area contributed by atoms with E-state index in [1.807, 2.05) is 12.1 Å². The molecule has 2 rings (SSSR count). The van der Waals surface area contributed by atoms with Crippen molar-refractivity contribution in [1.82, 2.24) is 9.97 Å². The Balaban J connectivity index is 2.01. The maximum Gasteiger partial charge on any atom is 0.0512 e. The Morgan fingerprint density at radius 2 is 1.06 bits per heavy atom. The van der Waals surface area contributed by atoms with Gasteiger partial charge in [0, 0.05) is 22.0 Å². The van der Waals surface area contributed by atoms with Gasteiger partial charge in [0.15, 0.2) is 0 Å². The van der Waals surface area contributed by atoms with Gasteiger partial charge in [0.05, 0.1) is 11.4 Å². The number of aromatic nitrogens is 2. The molecule has 0 spiro atoms. The van der Waals surface area contributed by atoms with Crippen molar-refractivity contribution in [2.75, 3.05) is 0 Å². The summed E-state index contributed by atoms with van der Waals surface area (Å²) in [4.78, 5) is 9.13. The van der Waals surface area contributed by atoms with Crippen LogP contribution in [-0.2, 0) is 23.5 Å². The third-order valence-corrected chi connectivity index (χ3v) is 3.79. The molecule has 0 saturated heterocycles. The van der Waals surface area contributed by atoms with Crippen LogP contribution in [0.15, 0.2) is 36.4 Å². The maximum absolute atomic E-state index is 4.56. The van der Waals surface area contributed by atoms with Gasteiger partial charge >= 0.3 is 0 Å². The van der Waals surface area contributed by atoms with Crippen molar-refractivity contribution >= 4 is 31.9 Å². The summed E-state index contributed by atoms with van der Waals surface area (Å²) in [7, 11) is 0. The van der Waals surface area contributed by atoms with E-state index in [2.05, 4.69) is 66.1 Å². The number of hydrogen-bond acceptors (Lipinski definition) is 2. The molecule has 94 valence electrons. The van der Waals surface area contributed by atoms with Crippen molar-refractivity contribution in [2.24, 2.45) is 0 Å². The molecule has 0 aliphatic heterocycles. The third-order valence-electron chi connectivity index (χ3n) is 2.64. The molecule has 0 aliphatic carbocycles. The molecule has 0 fully saturated rings. The smallest absolute Gasteiger partial charge is 0.0512 e. The van der Waals surface area contributed by atoms with E-state index in [4.69, 9.17) is 0 Å². The predicted molar refractivity (Wildman–Crippen MR) is 81.1 cm³/mol. The summed E-state index contributed by atoms with van der Waals surface area (Å²) in [5, 5.41) is 1.61. The fourth-order valence-corrected chi connectivity index (χ4v) is 2.37. The molecule has 2 aromatic heterocycles. The lowest BCUT2D eigenvalue weighted by atomic mass is 10.1. The molecule has 4 heteroatoms. The van der Waals surface area contributed by atoms with Crippen molar-refractivity contribution in [3.05, 3.63) is 59.2 Å². The van der Waals surface area contributed by atoms with Crippen molar-refractivity contribution in [3.8, 4) is 0 Å². The highest BCUT2D eigenvalue weighted by molar-refractivity contribution is 9.08. The third kappa shape index (κ3) is 3.89. The normalized spacial score (nSPS) is 10.6. The lowest BCUT2D eigenvalue weighted by Crippen LogP contribution is -1.99. The lowest BCUT2D eigenvalue weighted by molar-refractivity contribution is 0.864. The number of nitrogens with zero attached hydrogens (tertiary/aromatic N) is 2. The second kappa shape index (κ2) is 7.00. The maximum atomic E-state index is 4.56. The minimum absolute atomic E-state index is 0.804. The van der Waals surface area contributed by atoms with Crippen LogP contribution in [0, 0.1) is 0 Å². The highest BCUT2D eigenvalue weighted by Crippen LogP contribution is 2.09. The molecule has 0 atom stereocenters. The molecular weight excluding hydrogens is 356 g/mol. The van der Waals surface area contributed by atoms with Crippen molar-refractivity contribution in [3.63, 3.8) is 0 Å². The highest BCUT2D eigenvalue weighted by Gasteiger charge is 2.01. The topological polar surface area (TPSA) is 25.8 Å². The van der Waals surface area contributed by atoms with Crippen LogP contribution in [0.3, 0.4) is 0 Å². The largest absolute Gasteiger partial charge is 0.257 e. The van der Waals surface area contributed by atoms with E-state index in [1.54, 1.807) is 0 Å². The van der Waals surface area contributed by atoms with E-state index < -0.39 is 0 Å². The van der Waals surface area contributed by atoms with Crippen molar-refractivity contribution < 1.29 is 0 Å². The van der Waals surface area contributed by atoms with E-state index in [1.165, 1.54) is 0 Å².